The Labute approximate surface area is 86.0 Å². The second-order valence-corrected chi connectivity index (χ2v) is 4.02. The quantitative estimate of drug-likeness (QED) is 0.555. The van der Waals surface area contributed by atoms with Crippen molar-refractivity contribution in [2.45, 2.75) is 25.3 Å². The zero-order valence-electron chi connectivity index (χ0n) is 8.03. The maximum Gasteiger partial charge on any atom is 0.321 e. The van der Waals surface area contributed by atoms with Gasteiger partial charge in [0.2, 0.25) is 5.91 Å². The maximum atomic E-state index is 11.4. The number of urea groups is 1. The van der Waals surface area contributed by atoms with Crippen LogP contribution in [0.15, 0.2) is 0 Å². The molecule has 6 nitrogen and oxygen atoms in total. The topological polar surface area (TPSA) is 95.5 Å². The molecule has 1 aliphatic carbocycles. The van der Waals surface area contributed by atoms with Gasteiger partial charge in [0.1, 0.15) is 0 Å². The van der Waals surface area contributed by atoms with Crippen LogP contribution in [-0.4, -0.2) is 29.1 Å². The van der Waals surface area contributed by atoms with Crippen LogP contribution in [0.25, 0.3) is 0 Å². The molecule has 1 saturated heterocycles. The van der Waals surface area contributed by atoms with Gasteiger partial charge >= 0.3 is 12.0 Å². The van der Waals surface area contributed by atoms with Crippen LogP contribution in [0.1, 0.15) is 19.3 Å². The summed E-state index contributed by atoms with van der Waals surface area (Å²) in [6.07, 6.45) is 1.39. The van der Waals surface area contributed by atoms with Crippen LogP contribution >= 0.6 is 0 Å². The van der Waals surface area contributed by atoms with E-state index in [-0.39, 0.29) is 11.9 Å². The lowest BCUT2D eigenvalue weighted by Gasteiger charge is -2.37. The van der Waals surface area contributed by atoms with Gasteiger partial charge in [-0.2, -0.15) is 0 Å². The minimum atomic E-state index is -0.863. The van der Waals surface area contributed by atoms with Gasteiger partial charge < -0.3 is 10.4 Å². The second-order valence-electron chi connectivity index (χ2n) is 4.02. The minimum Gasteiger partial charge on any atom is -0.481 e. The van der Waals surface area contributed by atoms with E-state index in [9.17, 15) is 14.4 Å². The van der Waals surface area contributed by atoms with E-state index in [0.29, 0.717) is 19.3 Å². The fourth-order valence-corrected chi connectivity index (χ4v) is 2.27. The Balaban J connectivity index is 2.09. The number of carboxylic acids is 1. The maximum absolute atomic E-state index is 11.4. The fourth-order valence-electron chi connectivity index (χ4n) is 2.27. The number of carboxylic acid groups (broad SMARTS) is 1. The third-order valence-electron chi connectivity index (χ3n) is 3.09. The van der Waals surface area contributed by atoms with Crippen molar-refractivity contribution in [2.75, 3.05) is 0 Å². The van der Waals surface area contributed by atoms with Gasteiger partial charge in [0, 0.05) is 6.04 Å². The Kier molecular flexibility index (Phi) is 2.34. The van der Waals surface area contributed by atoms with Crippen molar-refractivity contribution in [1.82, 2.24) is 10.6 Å². The summed E-state index contributed by atoms with van der Waals surface area (Å²) in [5.41, 5.74) is 0. The highest BCUT2D eigenvalue weighted by Gasteiger charge is 2.41. The number of aliphatic carboxylic acids is 1. The molecule has 6 heteroatoms. The number of hydrogen-bond donors (Lipinski definition) is 3. The first-order valence-corrected chi connectivity index (χ1v) is 4.92. The number of carbonyl (C=O) groups is 3. The van der Waals surface area contributed by atoms with Crippen molar-refractivity contribution in [3.8, 4) is 0 Å². The lowest BCUT2D eigenvalue weighted by Crippen LogP contribution is -2.60. The molecule has 2 rings (SSSR count). The Bertz CT molecular complexity index is 328. The normalized spacial score (nSPS) is 35.1. The van der Waals surface area contributed by atoms with E-state index in [1.165, 1.54) is 0 Å². The first-order chi connectivity index (χ1) is 7.08. The average molecular weight is 212 g/mol. The zero-order valence-corrected chi connectivity index (χ0v) is 8.03. The van der Waals surface area contributed by atoms with E-state index >= 15 is 0 Å². The van der Waals surface area contributed by atoms with Crippen LogP contribution in [0.4, 0.5) is 4.79 Å². The number of hydrogen-bond acceptors (Lipinski definition) is 3. The van der Waals surface area contributed by atoms with E-state index in [2.05, 4.69) is 10.6 Å². The van der Waals surface area contributed by atoms with Gasteiger partial charge in [-0.25, -0.2) is 4.79 Å². The number of rotatable bonds is 1. The third kappa shape index (κ3) is 1.79. The molecule has 82 valence electrons. The molecular formula is C9H12N2O4. The van der Waals surface area contributed by atoms with Gasteiger partial charge in [0.15, 0.2) is 0 Å². The summed E-state index contributed by atoms with van der Waals surface area (Å²) in [4.78, 5) is 33.2. The summed E-state index contributed by atoms with van der Waals surface area (Å²) in [5.74, 6) is -2.07. The largest absolute Gasteiger partial charge is 0.481 e. The number of nitrogens with one attached hydrogen (secondary N) is 2. The smallest absolute Gasteiger partial charge is 0.321 e. The van der Waals surface area contributed by atoms with Crippen LogP contribution in [0.2, 0.25) is 0 Å². The molecule has 1 saturated carbocycles. The molecule has 3 amide bonds. The summed E-state index contributed by atoms with van der Waals surface area (Å²) >= 11 is 0. The van der Waals surface area contributed by atoms with Gasteiger partial charge in [-0.1, -0.05) is 0 Å². The van der Waals surface area contributed by atoms with Gasteiger partial charge in [-0.3, -0.25) is 14.9 Å². The molecule has 2 aliphatic rings. The minimum absolute atomic E-state index is 0.193. The average Bonchev–Trinajstić information content (AvgIpc) is 2.16. The highest BCUT2D eigenvalue weighted by Crippen LogP contribution is 2.31. The summed E-state index contributed by atoms with van der Waals surface area (Å²) < 4.78 is 0. The molecule has 3 N–H and O–H groups in total. The predicted molar refractivity (Wildman–Crippen MR) is 48.9 cm³/mol. The van der Waals surface area contributed by atoms with E-state index in [4.69, 9.17) is 5.11 Å². The summed E-state index contributed by atoms with van der Waals surface area (Å²) in [5, 5.41) is 13.6. The van der Waals surface area contributed by atoms with Crippen molar-refractivity contribution < 1.29 is 19.5 Å². The number of carbonyl (C=O) groups excluding carboxylic acids is 2. The molecular weight excluding hydrogens is 200 g/mol. The number of fused-ring (bicyclic) bond motifs is 1. The monoisotopic (exact) mass is 212 g/mol. The van der Waals surface area contributed by atoms with E-state index in [1.807, 2.05) is 0 Å². The Morgan fingerprint density at radius 2 is 2.07 bits per heavy atom. The SMILES string of the molecule is O=C1NC(=O)C2CC(C(=O)O)CCC2N1. The van der Waals surface area contributed by atoms with Crippen molar-refractivity contribution in [1.29, 1.82) is 0 Å². The first kappa shape index (κ1) is 9.95. The lowest BCUT2D eigenvalue weighted by molar-refractivity contribution is -0.144. The third-order valence-corrected chi connectivity index (χ3v) is 3.09. The fraction of sp³-hybridized carbons (Fsp3) is 0.667. The van der Waals surface area contributed by atoms with Crippen LogP contribution in [0.3, 0.4) is 0 Å². The lowest BCUT2D eigenvalue weighted by atomic mass is 9.77. The van der Waals surface area contributed by atoms with E-state index < -0.39 is 23.8 Å². The van der Waals surface area contributed by atoms with Gasteiger partial charge in [0.05, 0.1) is 11.8 Å². The van der Waals surface area contributed by atoms with Crippen molar-refractivity contribution in [3.05, 3.63) is 0 Å². The molecule has 3 atom stereocenters. The zero-order chi connectivity index (χ0) is 11.0. The van der Waals surface area contributed by atoms with Crippen molar-refractivity contribution >= 4 is 17.9 Å². The molecule has 0 radical (unpaired) electrons. The van der Waals surface area contributed by atoms with Crippen LogP contribution < -0.4 is 10.6 Å². The number of imide groups is 1. The summed E-state index contributed by atoms with van der Waals surface area (Å²) in [7, 11) is 0. The standard InChI is InChI=1S/C9H12N2O4/c12-7-5-3-4(8(13)14)1-2-6(5)10-9(15)11-7/h4-6H,1-3H2,(H,13,14)(H2,10,11,12,15). The molecule has 0 aromatic heterocycles. The van der Waals surface area contributed by atoms with Crippen LogP contribution in [0.5, 0.6) is 0 Å². The van der Waals surface area contributed by atoms with Gasteiger partial charge in [-0.15, -0.1) is 0 Å². The Hall–Kier alpha value is -1.59. The second kappa shape index (κ2) is 3.52. The first-order valence-electron chi connectivity index (χ1n) is 4.92. The molecule has 0 aromatic rings. The molecule has 15 heavy (non-hydrogen) atoms. The molecule has 2 fully saturated rings. The molecule has 0 bridgehead atoms. The van der Waals surface area contributed by atoms with Crippen LogP contribution in [0, 0.1) is 11.8 Å². The van der Waals surface area contributed by atoms with Gasteiger partial charge in [-0.05, 0) is 19.3 Å². The molecule has 1 heterocycles. The summed E-state index contributed by atoms with van der Waals surface area (Å²) in [6.45, 7) is 0. The highest BCUT2D eigenvalue weighted by atomic mass is 16.4. The predicted octanol–water partition coefficient (Wildman–Crippen LogP) is -0.305. The molecule has 3 unspecified atom stereocenters. The van der Waals surface area contributed by atoms with E-state index in [0.717, 1.165) is 0 Å². The van der Waals surface area contributed by atoms with Crippen molar-refractivity contribution in [2.24, 2.45) is 11.8 Å². The van der Waals surface area contributed by atoms with Crippen molar-refractivity contribution in [3.63, 3.8) is 0 Å². The highest BCUT2D eigenvalue weighted by molar-refractivity contribution is 5.98. The Morgan fingerprint density at radius 3 is 2.73 bits per heavy atom. The summed E-state index contributed by atoms with van der Waals surface area (Å²) in [6, 6.07) is -0.670. The van der Waals surface area contributed by atoms with E-state index in [1.54, 1.807) is 0 Å². The number of amides is 3. The molecule has 0 aromatic carbocycles. The van der Waals surface area contributed by atoms with Gasteiger partial charge in [0.25, 0.3) is 0 Å². The van der Waals surface area contributed by atoms with Crippen LogP contribution in [-0.2, 0) is 9.59 Å². The molecule has 1 aliphatic heterocycles. The molecule has 0 spiro atoms. The Morgan fingerprint density at radius 1 is 1.33 bits per heavy atom.